The van der Waals surface area contributed by atoms with E-state index in [1.807, 2.05) is 24.3 Å². The number of ether oxygens (including phenoxy) is 1. The van der Waals surface area contributed by atoms with Gasteiger partial charge in [-0.25, -0.2) is 0 Å². The van der Waals surface area contributed by atoms with Crippen LogP contribution in [-0.2, 0) is 4.74 Å². The zero-order valence-corrected chi connectivity index (χ0v) is 14.8. The zero-order chi connectivity index (χ0) is 16.6. The molecular formula is C21H18Cl2O. The minimum absolute atomic E-state index is 0.183. The van der Waals surface area contributed by atoms with Crippen molar-refractivity contribution in [1.29, 1.82) is 0 Å². The highest BCUT2D eigenvalue weighted by atomic mass is 35.5. The summed E-state index contributed by atoms with van der Waals surface area (Å²) in [7, 11) is 0. The summed E-state index contributed by atoms with van der Waals surface area (Å²) < 4.78 is 5.97. The molecule has 4 rings (SSSR count). The fourth-order valence-electron chi connectivity index (χ4n) is 3.42. The zero-order valence-electron chi connectivity index (χ0n) is 13.3. The van der Waals surface area contributed by atoms with E-state index in [2.05, 4.69) is 36.4 Å². The van der Waals surface area contributed by atoms with Crippen LogP contribution in [0.5, 0.6) is 0 Å². The smallest absolute Gasteiger partial charge is 0.134 e. The second-order valence-corrected chi connectivity index (χ2v) is 7.28. The lowest BCUT2D eigenvalue weighted by atomic mass is 9.78. The van der Waals surface area contributed by atoms with Gasteiger partial charge in [0.2, 0.25) is 0 Å². The molecule has 2 aromatic rings. The normalized spacial score (nSPS) is 22.2. The first-order valence-corrected chi connectivity index (χ1v) is 8.98. The highest BCUT2D eigenvalue weighted by molar-refractivity contribution is 6.30. The lowest BCUT2D eigenvalue weighted by Gasteiger charge is -2.26. The second kappa shape index (κ2) is 6.40. The van der Waals surface area contributed by atoms with E-state index in [1.54, 1.807) is 0 Å². The van der Waals surface area contributed by atoms with E-state index in [-0.39, 0.29) is 5.60 Å². The van der Waals surface area contributed by atoms with Gasteiger partial charge in [0.1, 0.15) is 5.60 Å². The lowest BCUT2D eigenvalue weighted by Crippen LogP contribution is -2.22. The summed E-state index contributed by atoms with van der Waals surface area (Å²) in [6, 6.07) is 16.0. The van der Waals surface area contributed by atoms with Crippen LogP contribution in [0.2, 0.25) is 10.0 Å². The fraction of sp³-hybridized carbons (Fsp3) is 0.238. The molecule has 2 fully saturated rings. The Morgan fingerprint density at radius 2 is 1.17 bits per heavy atom. The Morgan fingerprint density at radius 3 is 1.54 bits per heavy atom. The van der Waals surface area contributed by atoms with Crippen LogP contribution in [-0.4, -0.2) is 12.2 Å². The van der Waals surface area contributed by atoms with Gasteiger partial charge >= 0.3 is 0 Å². The Hall–Kier alpha value is -1.54. The minimum Gasteiger partial charge on any atom is -0.360 e. The molecule has 1 saturated carbocycles. The molecule has 0 unspecified atom stereocenters. The van der Waals surface area contributed by atoms with Crippen LogP contribution in [0.15, 0.2) is 59.7 Å². The summed E-state index contributed by atoms with van der Waals surface area (Å²) in [5.74, 6) is 0. The van der Waals surface area contributed by atoms with Crippen LogP contribution in [0.3, 0.4) is 0 Å². The number of halogens is 2. The topological polar surface area (TPSA) is 12.5 Å². The Labute approximate surface area is 152 Å². The fourth-order valence-corrected chi connectivity index (χ4v) is 3.67. The highest BCUT2D eigenvalue weighted by Crippen LogP contribution is 2.50. The molecule has 3 heteroatoms. The molecule has 1 spiro atoms. The lowest BCUT2D eigenvalue weighted by molar-refractivity contribution is 0.349. The van der Waals surface area contributed by atoms with E-state index in [1.165, 1.54) is 22.3 Å². The van der Waals surface area contributed by atoms with Crippen molar-refractivity contribution in [1.82, 2.24) is 0 Å². The van der Waals surface area contributed by atoms with Gasteiger partial charge in [-0.2, -0.15) is 0 Å². The summed E-state index contributed by atoms with van der Waals surface area (Å²) in [4.78, 5) is 0. The minimum atomic E-state index is -0.183. The number of hydrogen-bond donors (Lipinski definition) is 0. The van der Waals surface area contributed by atoms with E-state index in [0.717, 1.165) is 35.9 Å². The van der Waals surface area contributed by atoms with Gasteiger partial charge in [0.15, 0.2) is 0 Å². The largest absolute Gasteiger partial charge is 0.360 e. The van der Waals surface area contributed by atoms with Gasteiger partial charge in [0, 0.05) is 10.0 Å². The maximum absolute atomic E-state index is 5.98. The number of hydrogen-bond acceptors (Lipinski definition) is 1. The van der Waals surface area contributed by atoms with Gasteiger partial charge < -0.3 is 4.74 Å². The van der Waals surface area contributed by atoms with E-state index >= 15 is 0 Å². The van der Waals surface area contributed by atoms with Crippen LogP contribution in [0.25, 0.3) is 12.2 Å². The van der Waals surface area contributed by atoms with Crippen molar-refractivity contribution in [2.45, 2.75) is 24.9 Å². The molecule has 1 aliphatic heterocycles. The summed E-state index contributed by atoms with van der Waals surface area (Å²) >= 11 is 12.0. The van der Waals surface area contributed by atoms with Crippen molar-refractivity contribution in [3.05, 3.63) is 80.8 Å². The van der Waals surface area contributed by atoms with Gasteiger partial charge in [-0.3, -0.25) is 0 Å². The number of epoxide rings is 1. The van der Waals surface area contributed by atoms with Crippen molar-refractivity contribution in [2.75, 3.05) is 6.61 Å². The third-order valence-electron chi connectivity index (χ3n) is 4.78. The van der Waals surface area contributed by atoms with Gasteiger partial charge in [-0.1, -0.05) is 59.6 Å². The summed E-state index contributed by atoms with van der Waals surface area (Å²) in [6.07, 6.45) is 7.85. The Kier molecular flexibility index (Phi) is 4.26. The molecule has 0 N–H and O–H groups in total. The molecule has 0 atom stereocenters. The molecule has 24 heavy (non-hydrogen) atoms. The van der Waals surface area contributed by atoms with Gasteiger partial charge in [-0.15, -0.1) is 0 Å². The number of rotatable bonds is 2. The molecule has 2 aromatic carbocycles. The van der Waals surface area contributed by atoms with E-state index < -0.39 is 0 Å². The molecule has 1 aliphatic carbocycles. The molecule has 2 aliphatic rings. The van der Waals surface area contributed by atoms with E-state index in [9.17, 15) is 0 Å². The third kappa shape index (κ3) is 3.17. The van der Waals surface area contributed by atoms with Crippen LogP contribution >= 0.6 is 23.2 Å². The molecule has 1 saturated heterocycles. The monoisotopic (exact) mass is 356 g/mol. The molecule has 0 aromatic heterocycles. The molecule has 1 nitrogen and oxygen atoms in total. The Morgan fingerprint density at radius 1 is 0.750 bits per heavy atom. The van der Waals surface area contributed by atoms with Crippen molar-refractivity contribution in [2.24, 2.45) is 0 Å². The van der Waals surface area contributed by atoms with Gasteiger partial charge in [0.25, 0.3) is 0 Å². The van der Waals surface area contributed by atoms with Crippen molar-refractivity contribution < 1.29 is 4.74 Å². The van der Waals surface area contributed by atoms with E-state index in [4.69, 9.17) is 27.9 Å². The Balaban J connectivity index is 1.66. The third-order valence-corrected chi connectivity index (χ3v) is 5.29. The average Bonchev–Trinajstić information content (AvgIpc) is 3.37. The molecule has 0 radical (unpaired) electrons. The van der Waals surface area contributed by atoms with Gasteiger partial charge in [-0.05, 0) is 65.8 Å². The van der Waals surface area contributed by atoms with Crippen LogP contribution in [0.1, 0.15) is 30.4 Å². The molecular weight excluding hydrogens is 339 g/mol. The molecule has 0 bridgehead atoms. The van der Waals surface area contributed by atoms with Crippen LogP contribution < -0.4 is 0 Å². The predicted octanol–water partition coefficient (Wildman–Crippen LogP) is 6.41. The van der Waals surface area contributed by atoms with Gasteiger partial charge in [0.05, 0.1) is 6.61 Å². The maximum Gasteiger partial charge on any atom is 0.134 e. The SMILES string of the molecule is Clc1ccc(/C=C2\CCC/C(=C\c3ccc(Cl)cc3)C23CO3)cc1. The molecule has 0 amide bonds. The van der Waals surface area contributed by atoms with Crippen LogP contribution in [0, 0.1) is 0 Å². The average molecular weight is 357 g/mol. The maximum atomic E-state index is 5.98. The molecule has 1 heterocycles. The summed E-state index contributed by atoms with van der Waals surface area (Å²) in [5.41, 5.74) is 4.92. The number of benzene rings is 2. The van der Waals surface area contributed by atoms with Crippen molar-refractivity contribution >= 4 is 35.4 Å². The summed E-state index contributed by atoms with van der Waals surface area (Å²) in [6.45, 7) is 0.784. The first-order chi connectivity index (χ1) is 11.7. The first-order valence-electron chi connectivity index (χ1n) is 8.23. The van der Waals surface area contributed by atoms with Crippen LogP contribution in [0.4, 0.5) is 0 Å². The van der Waals surface area contributed by atoms with Crippen molar-refractivity contribution in [3.63, 3.8) is 0 Å². The summed E-state index contributed by atoms with van der Waals surface area (Å²) in [5, 5.41) is 1.53. The van der Waals surface area contributed by atoms with Crippen molar-refractivity contribution in [3.8, 4) is 0 Å². The second-order valence-electron chi connectivity index (χ2n) is 6.41. The molecule has 122 valence electrons. The quantitative estimate of drug-likeness (QED) is 0.566. The standard InChI is InChI=1S/C21H18Cl2O/c22-19-8-4-15(5-9-19)12-17-2-1-3-18(21(17)14-24-21)13-16-6-10-20(23)11-7-16/h4-13H,1-3,14H2/b17-12+,18-13+. The predicted molar refractivity (Wildman–Crippen MR) is 101 cm³/mol. The Bertz CT molecular complexity index is 731. The highest BCUT2D eigenvalue weighted by Gasteiger charge is 2.52. The first kappa shape index (κ1) is 16.0. The van der Waals surface area contributed by atoms with E-state index in [0.29, 0.717) is 0 Å².